The Morgan fingerprint density at radius 3 is 2.41 bits per heavy atom. The highest BCUT2D eigenvalue weighted by Crippen LogP contribution is 2.36. The number of sulfonamides is 1. The van der Waals surface area contributed by atoms with Gasteiger partial charge in [0.1, 0.15) is 0 Å². The summed E-state index contributed by atoms with van der Waals surface area (Å²) in [6.45, 7) is 2.38. The fourth-order valence-corrected chi connectivity index (χ4v) is 8.08. The van der Waals surface area contributed by atoms with E-state index in [1.165, 1.54) is 15.8 Å². The molecule has 1 fully saturated rings. The predicted octanol–water partition coefficient (Wildman–Crippen LogP) is 6.04. The first-order valence-corrected chi connectivity index (χ1v) is 16.8. The van der Waals surface area contributed by atoms with E-state index in [1.807, 2.05) is 37.3 Å². The summed E-state index contributed by atoms with van der Waals surface area (Å²) in [6.07, 6.45) is 2.24. The van der Waals surface area contributed by atoms with Gasteiger partial charge in [0.15, 0.2) is 0 Å². The van der Waals surface area contributed by atoms with Crippen molar-refractivity contribution in [2.75, 3.05) is 7.05 Å². The fraction of sp³-hybridized carbons (Fsp3) is 0.290. The number of nitrogens with zero attached hydrogens (tertiary/aromatic N) is 1. The van der Waals surface area contributed by atoms with Gasteiger partial charge in [-0.15, -0.1) is 22.7 Å². The summed E-state index contributed by atoms with van der Waals surface area (Å²) in [7, 11) is -2.10. The Balaban J connectivity index is 1.21. The minimum Gasteiger partial charge on any atom is -0.349 e. The lowest BCUT2D eigenvalue weighted by atomic mass is 9.93. The van der Waals surface area contributed by atoms with Crippen LogP contribution in [0.4, 0.5) is 0 Å². The number of nitrogens with one attached hydrogen (secondary N) is 1. The zero-order valence-corrected chi connectivity index (χ0v) is 25.4. The topological polar surface area (TPSA) is 110 Å². The molecule has 1 aliphatic carbocycles. The molecule has 10 heteroatoms. The molecule has 0 aliphatic heterocycles. The van der Waals surface area contributed by atoms with Crippen molar-refractivity contribution in [1.82, 2.24) is 10.2 Å². The lowest BCUT2D eigenvalue weighted by Gasteiger charge is -2.26. The lowest BCUT2D eigenvalue weighted by molar-refractivity contribution is -0.140. The van der Waals surface area contributed by atoms with Gasteiger partial charge in [-0.25, -0.2) is 13.6 Å². The van der Waals surface area contributed by atoms with Crippen molar-refractivity contribution in [3.8, 4) is 20.9 Å². The standard InChI is InChI=1S/C31H33N3O4S3/c1-20(26-16-17-28(40-26)27-10-6-18-39-27)33-30(35)24-8-5-9-25(24)31(36)34(2)19-21-12-14-22(15-13-21)23-7-3-4-11-29(23)41(32,37)38/h3-4,6-7,10-18,20,24-25H,5,8-9,19H2,1-2H3,(H,33,35)(H2,32,37,38)/t20?,24-,25-/m0/s1. The molecule has 3 atom stereocenters. The van der Waals surface area contributed by atoms with Crippen LogP contribution in [0, 0.1) is 11.8 Å². The maximum Gasteiger partial charge on any atom is 0.238 e. The van der Waals surface area contributed by atoms with E-state index in [2.05, 4.69) is 28.9 Å². The smallest absolute Gasteiger partial charge is 0.238 e. The highest BCUT2D eigenvalue weighted by atomic mass is 32.2. The van der Waals surface area contributed by atoms with Crippen molar-refractivity contribution in [2.45, 2.75) is 43.7 Å². The lowest BCUT2D eigenvalue weighted by Crippen LogP contribution is -2.40. The third-order valence-corrected chi connectivity index (χ3v) is 10.9. The van der Waals surface area contributed by atoms with E-state index in [9.17, 15) is 18.0 Å². The molecule has 41 heavy (non-hydrogen) atoms. The minimum atomic E-state index is -3.86. The van der Waals surface area contributed by atoms with Crippen molar-refractivity contribution in [1.29, 1.82) is 0 Å². The molecule has 2 amide bonds. The van der Waals surface area contributed by atoms with Crippen molar-refractivity contribution in [3.63, 3.8) is 0 Å². The minimum absolute atomic E-state index is 0.0324. The molecule has 0 bridgehead atoms. The van der Waals surface area contributed by atoms with Crippen LogP contribution in [0.5, 0.6) is 0 Å². The largest absolute Gasteiger partial charge is 0.349 e. The Hall–Kier alpha value is -3.31. The molecule has 0 radical (unpaired) electrons. The summed E-state index contributed by atoms with van der Waals surface area (Å²) in [5.41, 5.74) is 2.16. The number of nitrogens with two attached hydrogens (primary N) is 1. The number of thiophene rings is 2. The molecule has 1 saturated carbocycles. The SMILES string of the molecule is CC(NC(=O)[C@H]1CCC[C@@H]1C(=O)N(C)Cc1ccc(-c2ccccc2S(N)(=O)=O)cc1)c1ccc(-c2cccs2)s1. The van der Waals surface area contributed by atoms with Crippen LogP contribution in [0.1, 0.15) is 42.7 Å². The highest BCUT2D eigenvalue weighted by Gasteiger charge is 2.39. The Bertz CT molecular complexity index is 1630. The van der Waals surface area contributed by atoms with Crippen LogP contribution < -0.4 is 10.5 Å². The summed E-state index contributed by atoms with van der Waals surface area (Å²) >= 11 is 3.38. The van der Waals surface area contributed by atoms with E-state index in [1.54, 1.807) is 52.8 Å². The van der Waals surface area contributed by atoms with Gasteiger partial charge in [0, 0.05) is 45.6 Å². The van der Waals surface area contributed by atoms with Crippen LogP contribution in [0.25, 0.3) is 20.9 Å². The number of benzene rings is 2. The molecular formula is C31H33N3O4S3. The van der Waals surface area contributed by atoms with Gasteiger partial charge in [-0.1, -0.05) is 55.0 Å². The predicted molar refractivity (Wildman–Crippen MR) is 165 cm³/mol. The Labute approximate surface area is 249 Å². The van der Waals surface area contributed by atoms with Crippen LogP contribution in [0.2, 0.25) is 0 Å². The third kappa shape index (κ3) is 6.62. The van der Waals surface area contributed by atoms with Gasteiger partial charge in [0.25, 0.3) is 0 Å². The number of amides is 2. The van der Waals surface area contributed by atoms with Crippen molar-refractivity contribution in [2.24, 2.45) is 17.0 Å². The van der Waals surface area contributed by atoms with Crippen LogP contribution in [-0.2, 0) is 26.2 Å². The Morgan fingerprint density at radius 2 is 1.71 bits per heavy atom. The summed E-state index contributed by atoms with van der Waals surface area (Å²) in [4.78, 5) is 32.0. The molecule has 7 nitrogen and oxygen atoms in total. The van der Waals surface area contributed by atoms with Crippen LogP contribution in [-0.4, -0.2) is 32.2 Å². The second-order valence-electron chi connectivity index (χ2n) is 10.5. The average molecular weight is 608 g/mol. The molecule has 0 saturated heterocycles. The van der Waals surface area contributed by atoms with E-state index in [0.29, 0.717) is 24.9 Å². The van der Waals surface area contributed by atoms with Crippen LogP contribution in [0.15, 0.2) is 83.1 Å². The number of carbonyl (C=O) groups is 2. The molecule has 4 aromatic rings. The molecular weight excluding hydrogens is 575 g/mol. The second-order valence-corrected chi connectivity index (χ2v) is 14.1. The number of primary sulfonamides is 1. The maximum absolute atomic E-state index is 13.5. The molecule has 214 valence electrons. The molecule has 5 rings (SSSR count). The first kappa shape index (κ1) is 29.2. The zero-order chi connectivity index (χ0) is 29.1. The van der Waals surface area contributed by atoms with Gasteiger partial charge in [0.2, 0.25) is 21.8 Å². The number of hydrogen-bond acceptors (Lipinski definition) is 6. The maximum atomic E-state index is 13.5. The number of carbonyl (C=O) groups excluding carboxylic acids is 2. The van der Waals surface area contributed by atoms with Gasteiger partial charge >= 0.3 is 0 Å². The van der Waals surface area contributed by atoms with Gasteiger partial charge in [-0.2, -0.15) is 0 Å². The first-order valence-electron chi connectivity index (χ1n) is 13.5. The molecule has 3 N–H and O–H groups in total. The molecule has 0 spiro atoms. The molecule has 2 heterocycles. The van der Waals surface area contributed by atoms with Crippen LogP contribution in [0.3, 0.4) is 0 Å². The van der Waals surface area contributed by atoms with E-state index in [0.717, 1.165) is 22.4 Å². The van der Waals surface area contributed by atoms with E-state index >= 15 is 0 Å². The van der Waals surface area contributed by atoms with E-state index in [4.69, 9.17) is 5.14 Å². The van der Waals surface area contributed by atoms with E-state index < -0.39 is 10.0 Å². The highest BCUT2D eigenvalue weighted by molar-refractivity contribution is 7.89. The first-order chi connectivity index (χ1) is 19.6. The Kier molecular flexibility index (Phi) is 8.74. The third-order valence-electron chi connectivity index (χ3n) is 7.60. The van der Waals surface area contributed by atoms with Crippen LogP contribution >= 0.6 is 22.7 Å². The van der Waals surface area contributed by atoms with E-state index in [-0.39, 0.29) is 34.6 Å². The van der Waals surface area contributed by atoms with Gasteiger partial charge in [-0.3, -0.25) is 9.59 Å². The molecule has 1 aliphatic rings. The monoisotopic (exact) mass is 607 g/mol. The zero-order valence-electron chi connectivity index (χ0n) is 22.9. The Morgan fingerprint density at radius 1 is 0.976 bits per heavy atom. The molecule has 2 aromatic carbocycles. The van der Waals surface area contributed by atoms with Gasteiger partial charge in [0.05, 0.1) is 10.9 Å². The molecule has 1 unspecified atom stereocenters. The fourth-order valence-electron chi connectivity index (χ4n) is 5.48. The number of rotatable bonds is 9. The van der Waals surface area contributed by atoms with Gasteiger partial charge in [-0.05, 0) is 60.5 Å². The average Bonchev–Trinajstić information content (AvgIpc) is 3.74. The second kappa shape index (κ2) is 12.3. The van der Waals surface area contributed by atoms with Crippen molar-refractivity contribution < 1.29 is 18.0 Å². The summed E-state index contributed by atoms with van der Waals surface area (Å²) in [6, 6.07) is 22.2. The van der Waals surface area contributed by atoms with Crippen molar-refractivity contribution >= 4 is 44.5 Å². The number of hydrogen-bond donors (Lipinski definition) is 2. The molecule has 2 aromatic heterocycles. The quantitative estimate of drug-likeness (QED) is 0.242. The summed E-state index contributed by atoms with van der Waals surface area (Å²) in [5.74, 6) is -0.792. The normalized spacial score (nSPS) is 17.7. The van der Waals surface area contributed by atoms with Crippen molar-refractivity contribution in [3.05, 3.63) is 88.6 Å². The summed E-state index contributed by atoms with van der Waals surface area (Å²) < 4.78 is 24.0. The van der Waals surface area contributed by atoms with Gasteiger partial charge < -0.3 is 10.2 Å². The summed E-state index contributed by atoms with van der Waals surface area (Å²) in [5, 5.41) is 10.6.